The lowest BCUT2D eigenvalue weighted by Crippen LogP contribution is -2.46. The molecule has 1 fully saturated rings. The number of aromatic nitrogens is 5. The summed E-state index contributed by atoms with van der Waals surface area (Å²) in [6.45, 7) is 4.65. The first kappa shape index (κ1) is 23.8. The van der Waals surface area contributed by atoms with E-state index in [1.54, 1.807) is 6.20 Å². The van der Waals surface area contributed by atoms with Gasteiger partial charge in [0.1, 0.15) is 0 Å². The molecule has 5 aromatic rings. The number of fused-ring (bicyclic) bond motifs is 3. The maximum atomic E-state index is 6.33. The molecule has 7 nitrogen and oxygen atoms in total. The zero-order valence-corrected chi connectivity index (χ0v) is 22.5. The molecule has 0 atom stereocenters. The molecule has 3 aromatic heterocycles. The average Bonchev–Trinajstić information content (AvgIpc) is 3.40. The molecule has 0 N–H and O–H groups in total. The average molecular weight is 544 g/mol. The lowest BCUT2D eigenvalue weighted by molar-refractivity contribution is 0.247. The second kappa shape index (κ2) is 9.80. The maximum absolute atomic E-state index is 6.33. The molecule has 1 saturated heterocycles. The van der Waals surface area contributed by atoms with Crippen molar-refractivity contribution in [3.8, 4) is 5.69 Å². The van der Waals surface area contributed by atoms with E-state index in [-0.39, 0.29) is 0 Å². The van der Waals surface area contributed by atoms with Gasteiger partial charge < -0.3 is 4.90 Å². The molecule has 0 bridgehead atoms. The summed E-state index contributed by atoms with van der Waals surface area (Å²) < 4.78 is 1.84. The van der Waals surface area contributed by atoms with Gasteiger partial charge >= 0.3 is 0 Å². The maximum Gasteiger partial charge on any atom is 0.0971 e. The number of aryl methyl sites for hydroxylation is 1. The quantitative estimate of drug-likeness (QED) is 0.282. The van der Waals surface area contributed by atoms with E-state index in [0.717, 1.165) is 78.4 Å². The van der Waals surface area contributed by atoms with E-state index in [1.165, 1.54) is 35.2 Å². The highest BCUT2D eigenvalue weighted by molar-refractivity contribution is 6.31. The van der Waals surface area contributed by atoms with Crippen LogP contribution in [-0.4, -0.2) is 56.0 Å². The first-order valence-electron chi connectivity index (χ1n) is 13.2. The molecular weight excluding hydrogens is 517 g/mol. The third-order valence-electron chi connectivity index (χ3n) is 7.74. The highest BCUT2D eigenvalue weighted by atomic mass is 35.5. The summed E-state index contributed by atoms with van der Waals surface area (Å²) in [6.07, 6.45) is 8.41. The molecule has 7 rings (SSSR count). The molecule has 4 heterocycles. The minimum atomic E-state index is 0.671. The van der Waals surface area contributed by atoms with Crippen molar-refractivity contribution in [2.24, 2.45) is 0 Å². The van der Waals surface area contributed by atoms with Crippen LogP contribution in [-0.2, 0) is 19.4 Å². The highest BCUT2D eigenvalue weighted by Crippen LogP contribution is 2.37. The van der Waals surface area contributed by atoms with E-state index in [0.29, 0.717) is 5.02 Å². The van der Waals surface area contributed by atoms with Crippen LogP contribution in [0.3, 0.4) is 0 Å². The molecule has 1 aliphatic carbocycles. The Morgan fingerprint density at radius 2 is 1.58 bits per heavy atom. The lowest BCUT2D eigenvalue weighted by atomic mass is 9.92. The SMILES string of the molecule is Clc1ccc2c(-n3cc(CN4CCN(c5c6c(nc7cc(Cl)ccc57)CCCC6)CC4)nn3)ccnc2c1. The Bertz CT molecular complexity index is 1660. The smallest absolute Gasteiger partial charge is 0.0971 e. The highest BCUT2D eigenvalue weighted by Gasteiger charge is 2.25. The fourth-order valence-corrected chi connectivity index (χ4v) is 6.22. The summed E-state index contributed by atoms with van der Waals surface area (Å²) in [7, 11) is 0. The summed E-state index contributed by atoms with van der Waals surface area (Å²) in [5, 5.41) is 12.5. The number of hydrogen-bond acceptors (Lipinski definition) is 6. The third-order valence-corrected chi connectivity index (χ3v) is 8.21. The van der Waals surface area contributed by atoms with Crippen LogP contribution in [0.5, 0.6) is 0 Å². The zero-order valence-electron chi connectivity index (χ0n) is 20.9. The molecule has 9 heteroatoms. The Morgan fingerprint density at radius 1 is 0.816 bits per heavy atom. The summed E-state index contributed by atoms with van der Waals surface area (Å²) in [5.41, 5.74) is 7.83. The minimum absolute atomic E-state index is 0.671. The van der Waals surface area contributed by atoms with Gasteiger partial charge in [-0.05, 0) is 73.7 Å². The van der Waals surface area contributed by atoms with E-state index in [4.69, 9.17) is 28.2 Å². The second-order valence-corrected chi connectivity index (χ2v) is 11.0. The fraction of sp³-hybridized carbons (Fsp3) is 0.310. The van der Waals surface area contributed by atoms with Crippen molar-refractivity contribution in [2.45, 2.75) is 32.2 Å². The molecule has 0 unspecified atom stereocenters. The lowest BCUT2D eigenvalue weighted by Gasteiger charge is -2.38. The molecule has 2 aliphatic rings. The van der Waals surface area contributed by atoms with Crippen molar-refractivity contribution in [3.05, 3.63) is 81.9 Å². The van der Waals surface area contributed by atoms with Crippen molar-refractivity contribution in [1.82, 2.24) is 29.9 Å². The van der Waals surface area contributed by atoms with Crippen molar-refractivity contribution in [1.29, 1.82) is 0 Å². The molecule has 192 valence electrons. The predicted octanol–water partition coefficient (Wildman–Crippen LogP) is 5.87. The van der Waals surface area contributed by atoms with Gasteiger partial charge in [-0.3, -0.25) is 14.9 Å². The van der Waals surface area contributed by atoms with Crippen LogP contribution in [0.1, 0.15) is 29.8 Å². The first-order valence-corrected chi connectivity index (χ1v) is 13.9. The topological polar surface area (TPSA) is 63.0 Å². The molecule has 0 saturated carbocycles. The number of benzene rings is 2. The van der Waals surface area contributed by atoms with Crippen molar-refractivity contribution in [3.63, 3.8) is 0 Å². The Kier molecular flexibility index (Phi) is 6.15. The summed E-state index contributed by atoms with van der Waals surface area (Å²) in [4.78, 5) is 14.5. The van der Waals surface area contributed by atoms with Gasteiger partial charge in [0.15, 0.2) is 0 Å². The summed E-state index contributed by atoms with van der Waals surface area (Å²) >= 11 is 12.5. The number of rotatable bonds is 4. The summed E-state index contributed by atoms with van der Waals surface area (Å²) in [5.74, 6) is 0. The minimum Gasteiger partial charge on any atom is -0.368 e. The van der Waals surface area contributed by atoms with Gasteiger partial charge in [0.05, 0.1) is 34.3 Å². The van der Waals surface area contributed by atoms with Gasteiger partial charge in [-0.1, -0.05) is 28.4 Å². The zero-order chi connectivity index (χ0) is 25.6. The van der Waals surface area contributed by atoms with Crippen molar-refractivity contribution < 1.29 is 0 Å². The van der Waals surface area contributed by atoms with Gasteiger partial charge in [0.2, 0.25) is 0 Å². The van der Waals surface area contributed by atoms with Gasteiger partial charge in [0.25, 0.3) is 0 Å². The number of pyridine rings is 2. The standard InChI is InChI=1S/C29H27Cl2N7/c30-19-5-7-22-26(15-19)32-10-9-28(22)38-18-21(34-35-38)17-36-11-13-37(14-12-36)29-23-3-1-2-4-25(23)33-27-16-20(31)6-8-24(27)29/h5-10,15-16,18H,1-4,11-14,17H2. The molecule has 0 radical (unpaired) electrons. The van der Waals surface area contributed by atoms with Crippen molar-refractivity contribution in [2.75, 3.05) is 31.1 Å². The van der Waals surface area contributed by atoms with Gasteiger partial charge in [-0.15, -0.1) is 5.10 Å². The van der Waals surface area contributed by atoms with E-state index in [2.05, 4.69) is 31.2 Å². The Morgan fingerprint density at radius 3 is 2.42 bits per heavy atom. The number of anilines is 1. The number of nitrogens with zero attached hydrogens (tertiary/aromatic N) is 7. The first-order chi connectivity index (χ1) is 18.6. The van der Waals surface area contributed by atoms with Crippen LogP contribution in [0, 0.1) is 0 Å². The van der Waals surface area contributed by atoms with Gasteiger partial charge in [0, 0.05) is 65.4 Å². The molecule has 0 amide bonds. The van der Waals surface area contributed by atoms with Crippen LogP contribution in [0.25, 0.3) is 27.5 Å². The molecule has 1 aliphatic heterocycles. The van der Waals surface area contributed by atoms with Crippen LogP contribution in [0.4, 0.5) is 5.69 Å². The molecule has 2 aromatic carbocycles. The largest absolute Gasteiger partial charge is 0.368 e. The Hall–Kier alpha value is -3.26. The molecule has 0 spiro atoms. The Balaban J connectivity index is 1.10. The normalized spacial score (nSPS) is 16.3. The van der Waals surface area contributed by atoms with Crippen LogP contribution >= 0.6 is 23.2 Å². The number of hydrogen-bond donors (Lipinski definition) is 0. The van der Waals surface area contributed by atoms with Crippen LogP contribution in [0.15, 0.2) is 54.9 Å². The monoisotopic (exact) mass is 543 g/mol. The molecule has 38 heavy (non-hydrogen) atoms. The predicted molar refractivity (Wildman–Crippen MR) is 153 cm³/mol. The van der Waals surface area contributed by atoms with Crippen molar-refractivity contribution >= 4 is 50.7 Å². The summed E-state index contributed by atoms with van der Waals surface area (Å²) in [6, 6.07) is 13.8. The molecular formula is C29H27Cl2N7. The third kappa shape index (κ3) is 4.38. The van der Waals surface area contributed by atoms with E-state index in [9.17, 15) is 0 Å². The van der Waals surface area contributed by atoms with E-state index < -0.39 is 0 Å². The van der Waals surface area contributed by atoms with Crippen LogP contribution < -0.4 is 4.90 Å². The fourth-order valence-electron chi connectivity index (χ4n) is 5.89. The second-order valence-electron chi connectivity index (χ2n) is 10.2. The van der Waals surface area contributed by atoms with E-state index in [1.807, 2.05) is 47.3 Å². The van der Waals surface area contributed by atoms with Crippen LogP contribution in [0.2, 0.25) is 10.0 Å². The Labute approximate surface area is 231 Å². The number of halogens is 2. The van der Waals surface area contributed by atoms with Gasteiger partial charge in [-0.2, -0.15) is 0 Å². The van der Waals surface area contributed by atoms with E-state index >= 15 is 0 Å². The van der Waals surface area contributed by atoms with Gasteiger partial charge in [-0.25, -0.2) is 4.68 Å². The number of piperazine rings is 1.